The monoisotopic (exact) mass is 357 g/mol. The van der Waals surface area contributed by atoms with Crippen molar-refractivity contribution >= 4 is 5.91 Å². The van der Waals surface area contributed by atoms with Crippen molar-refractivity contribution in [2.75, 3.05) is 6.54 Å². The predicted molar refractivity (Wildman–Crippen MR) is 90.2 cm³/mol. The van der Waals surface area contributed by atoms with Gasteiger partial charge in [-0.15, -0.1) is 10.2 Å². The van der Waals surface area contributed by atoms with Gasteiger partial charge in [0.2, 0.25) is 5.89 Å². The molecule has 1 atom stereocenters. The Kier molecular flexibility index (Phi) is 3.77. The summed E-state index contributed by atoms with van der Waals surface area (Å²) in [5, 5.41) is 15.4. The molecule has 0 unspecified atom stereocenters. The molecule has 2 saturated carbocycles. The average molecular weight is 357 g/mol. The van der Waals surface area contributed by atoms with Gasteiger partial charge in [-0.25, -0.2) is 0 Å². The van der Waals surface area contributed by atoms with Crippen LogP contribution in [0.1, 0.15) is 78.8 Å². The third kappa shape index (κ3) is 3.00. The summed E-state index contributed by atoms with van der Waals surface area (Å²) in [7, 11) is 0. The van der Waals surface area contributed by atoms with Gasteiger partial charge in [-0.3, -0.25) is 9.69 Å². The van der Waals surface area contributed by atoms with E-state index in [9.17, 15) is 4.79 Å². The topological polar surface area (TPSA) is 102 Å². The highest BCUT2D eigenvalue weighted by atomic mass is 16.5. The first-order valence-electron chi connectivity index (χ1n) is 9.48. The van der Waals surface area contributed by atoms with Crippen LogP contribution >= 0.6 is 0 Å². The molecule has 3 heterocycles. The third-order valence-corrected chi connectivity index (χ3v) is 5.40. The number of nitrogens with zero attached hydrogens (tertiary/aromatic N) is 6. The summed E-state index contributed by atoms with van der Waals surface area (Å²) in [6, 6.07) is 0.876. The Labute approximate surface area is 151 Å². The van der Waals surface area contributed by atoms with Gasteiger partial charge in [-0.2, -0.15) is 4.98 Å². The highest BCUT2D eigenvalue weighted by Crippen LogP contribution is 2.38. The fourth-order valence-corrected chi connectivity index (χ4v) is 3.75. The normalized spacial score (nSPS) is 23.5. The lowest BCUT2D eigenvalue weighted by Gasteiger charge is -2.21. The summed E-state index contributed by atoms with van der Waals surface area (Å²) < 4.78 is 7.69. The summed E-state index contributed by atoms with van der Waals surface area (Å²) in [6.45, 7) is 3.68. The standard InChI is InChI=1S/C17H23N7O2/c1-10-20-21-14(24(10)12-6-7-12)9-23-8-2-3-13(23)17-19-15(22-26-17)16(25)18-11-4-5-11/h11-13H,2-9H2,1H3,(H,18,25)/t13-/m1/s1. The van der Waals surface area contributed by atoms with Gasteiger partial charge in [0.1, 0.15) is 11.6 Å². The second-order valence-electron chi connectivity index (χ2n) is 7.60. The minimum atomic E-state index is -0.240. The van der Waals surface area contributed by atoms with Crippen molar-refractivity contribution in [3.8, 4) is 0 Å². The molecule has 9 nitrogen and oxygen atoms in total. The Hall–Kier alpha value is -2.29. The molecule has 1 saturated heterocycles. The lowest BCUT2D eigenvalue weighted by molar-refractivity contribution is 0.0937. The molecule has 5 rings (SSSR count). The summed E-state index contributed by atoms with van der Waals surface area (Å²) in [4.78, 5) is 18.8. The number of rotatable bonds is 6. The Morgan fingerprint density at radius 1 is 1.23 bits per heavy atom. The zero-order valence-electron chi connectivity index (χ0n) is 14.9. The van der Waals surface area contributed by atoms with Crippen molar-refractivity contribution in [1.29, 1.82) is 0 Å². The Balaban J connectivity index is 1.31. The van der Waals surface area contributed by atoms with Crippen molar-refractivity contribution < 1.29 is 9.32 Å². The van der Waals surface area contributed by atoms with E-state index in [1.807, 2.05) is 6.92 Å². The lowest BCUT2D eigenvalue weighted by atomic mass is 10.2. The van der Waals surface area contributed by atoms with E-state index in [0.29, 0.717) is 18.5 Å². The summed E-state index contributed by atoms with van der Waals surface area (Å²) in [5.74, 6) is 2.41. The van der Waals surface area contributed by atoms with E-state index < -0.39 is 0 Å². The Bertz CT molecular complexity index is 821. The second-order valence-corrected chi connectivity index (χ2v) is 7.60. The fourth-order valence-electron chi connectivity index (χ4n) is 3.75. The number of aromatic nitrogens is 5. The van der Waals surface area contributed by atoms with Crippen LogP contribution < -0.4 is 5.32 Å². The van der Waals surface area contributed by atoms with Crippen LogP contribution in [0.3, 0.4) is 0 Å². The minimum absolute atomic E-state index is 0.0367. The van der Waals surface area contributed by atoms with Gasteiger partial charge < -0.3 is 14.4 Å². The molecule has 0 radical (unpaired) electrons. The van der Waals surface area contributed by atoms with Crippen LogP contribution in [0.2, 0.25) is 0 Å². The summed E-state index contributed by atoms with van der Waals surface area (Å²) >= 11 is 0. The van der Waals surface area contributed by atoms with Gasteiger partial charge in [-0.05, 0) is 52.0 Å². The summed E-state index contributed by atoms with van der Waals surface area (Å²) in [6.07, 6.45) is 6.49. The first-order chi connectivity index (χ1) is 12.7. The van der Waals surface area contributed by atoms with E-state index in [-0.39, 0.29) is 23.8 Å². The van der Waals surface area contributed by atoms with Gasteiger partial charge in [0.15, 0.2) is 0 Å². The summed E-state index contributed by atoms with van der Waals surface area (Å²) in [5.41, 5.74) is 0. The van der Waals surface area contributed by atoms with Crippen molar-refractivity contribution in [3.05, 3.63) is 23.4 Å². The number of aryl methyl sites for hydroxylation is 1. The molecule has 1 amide bonds. The van der Waals surface area contributed by atoms with Crippen molar-refractivity contribution in [2.24, 2.45) is 0 Å². The molecule has 2 aromatic rings. The third-order valence-electron chi connectivity index (χ3n) is 5.40. The number of nitrogens with one attached hydrogen (secondary N) is 1. The maximum absolute atomic E-state index is 12.1. The predicted octanol–water partition coefficient (Wildman–Crippen LogP) is 1.53. The van der Waals surface area contributed by atoms with Crippen molar-refractivity contribution in [1.82, 2.24) is 35.1 Å². The molecule has 1 N–H and O–H groups in total. The molecule has 0 bridgehead atoms. The van der Waals surface area contributed by atoms with E-state index in [2.05, 4.69) is 35.1 Å². The van der Waals surface area contributed by atoms with E-state index in [1.54, 1.807) is 0 Å². The van der Waals surface area contributed by atoms with Gasteiger partial charge in [0.25, 0.3) is 11.7 Å². The van der Waals surface area contributed by atoms with Crippen LogP contribution in [0.4, 0.5) is 0 Å². The number of hydrogen-bond acceptors (Lipinski definition) is 7. The number of carbonyl (C=O) groups excluding carboxylic acids is 1. The maximum atomic E-state index is 12.1. The number of carbonyl (C=O) groups is 1. The largest absolute Gasteiger partial charge is 0.346 e. The number of likely N-dealkylation sites (tertiary alicyclic amines) is 1. The molecule has 0 aromatic carbocycles. The average Bonchev–Trinajstić information content (AvgIpc) is 3.49. The highest BCUT2D eigenvalue weighted by molar-refractivity contribution is 5.90. The highest BCUT2D eigenvalue weighted by Gasteiger charge is 2.35. The van der Waals surface area contributed by atoms with Gasteiger partial charge in [-0.1, -0.05) is 5.16 Å². The number of amides is 1. The molecular formula is C17H23N7O2. The first-order valence-corrected chi connectivity index (χ1v) is 9.48. The Morgan fingerprint density at radius 2 is 2.08 bits per heavy atom. The lowest BCUT2D eigenvalue weighted by Crippen LogP contribution is -2.27. The first kappa shape index (κ1) is 15.9. The van der Waals surface area contributed by atoms with E-state index >= 15 is 0 Å². The zero-order chi connectivity index (χ0) is 17.7. The molecule has 0 spiro atoms. The Morgan fingerprint density at radius 3 is 2.85 bits per heavy atom. The van der Waals surface area contributed by atoms with Gasteiger partial charge in [0.05, 0.1) is 12.6 Å². The SMILES string of the molecule is Cc1nnc(CN2CCC[C@@H]2c2nc(C(=O)NC3CC3)no2)n1C1CC1. The zero-order valence-corrected chi connectivity index (χ0v) is 14.9. The smallest absolute Gasteiger partial charge is 0.292 e. The second kappa shape index (κ2) is 6.15. The van der Waals surface area contributed by atoms with Gasteiger partial charge >= 0.3 is 0 Å². The van der Waals surface area contributed by atoms with Crippen LogP contribution in [-0.2, 0) is 6.54 Å². The van der Waals surface area contributed by atoms with Crippen LogP contribution in [0.5, 0.6) is 0 Å². The van der Waals surface area contributed by atoms with Crippen LogP contribution in [-0.4, -0.2) is 48.3 Å². The maximum Gasteiger partial charge on any atom is 0.292 e. The fraction of sp³-hybridized carbons (Fsp3) is 0.706. The molecule has 9 heteroatoms. The molecular weight excluding hydrogens is 334 g/mol. The van der Waals surface area contributed by atoms with Crippen molar-refractivity contribution in [3.63, 3.8) is 0 Å². The molecule has 26 heavy (non-hydrogen) atoms. The van der Waals surface area contributed by atoms with Crippen LogP contribution in [0, 0.1) is 6.92 Å². The molecule has 1 aliphatic heterocycles. The van der Waals surface area contributed by atoms with E-state index in [4.69, 9.17) is 4.52 Å². The van der Waals surface area contributed by atoms with E-state index in [1.165, 1.54) is 12.8 Å². The molecule has 2 aliphatic carbocycles. The van der Waals surface area contributed by atoms with Crippen LogP contribution in [0.25, 0.3) is 0 Å². The number of hydrogen-bond donors (Lipinski definition) is 1. The quantitative estimate of drug-likeness (QED) is 0.836. The molecule has 3 aliphatic rings. The minimum Gasteiger partial charge on any atom is -0.346 e. The molecule has 3 fully saturated rings. The molecule has 2 aromatic heterocycles. The van der Waals surface area contributed by atoms with Gasteiger partial charge in [0, 0.05) is 12.1 Å². The van der Waals surface area contributed by atoms with E-state index in [0.717, 1.165) is 43.9 Å². The molecule has 138 valence electrons. The van der Waals surface area contributed by atoms with Crippen molar-refractivity contribution in [2.45, 2.75) is 70.1 Å². The van der Waals surface area contributed by atoms with Crippen LogP contribution in [0.15, 0.2) is 4.52 Å².